The Morgan fingerprint density at radius 1 is 1.25 bits per heavy atom. The van der Waals surface area contributed by atoms with Crippen LogP contribution in [0.25, 0.3) is 0 Å². The number of pyridine rings is 1. The van der Waals surface area contributed by atoms with E-state index in [4.69, 9.17) is 0 Å². The van der Waals surface area contributed by atoms with Gasteiger partial charge in [-0.3, -0.25) is 4.79 Å². The molecule has 2 aromatic heterocycles. The minimum Gasteiger partial charge on any atom is -0.354 e. The van der Waals surface area contributed by atoms with E-state index in [1.54, 1.807) is 11.3 Å². The van der Waals surface area contributed by atoms with Crippen LogP contribution in [0.5, 0.6) is 0 Å². The average molecular weight is 344 g/mol. The Labute approximate surface area is 147 Å². The third-order valence-electron chi connectivity index (χ3n) is 4.30. The average Bonchev–Trinajstić information content (AvgIpc) is 3.13. The van der Waals surface area contributed by atoms with Gasteiger partial charge in [-0.05, 0) is 36.5 Å². The number of nitrogens with zero attached hydrogens (tertiary/aromatic N) is 3. The zero-order valence-corrected chi connectivity index (χ0v) is 14.9. The Bertz CT molecular complexity index is 634. The topological polar surface area (TPSA) is 48.5 Å². The molecule has 3 rings (SSSR count). The third-order valence-corrected chi connectivity index (χ3v) is 5.24. The molecule has 0 radical (unpaired) electrons. The van der Waals surface area contributed by atoms with Gasteiger partial charge in [-0.25, -0.2) is 4.98 Å². The van der Waals surface area contributed by atoms with Gasteiger partial charge in [-0.15, -0.1) is 11.3 Å². The highest BCUT2D eigenvalue weighted by molar-refractivity contribution is 7.09. The van der Waals surface area contributed by atoms with Gasteiger partial charge in [-0.1, -0.05) is 12.1 Å². The molecule has 0 bridgehead atoms. The molecule has 6 heteroatoms. The summed E-state index contributed by atoms with van der Waals surface area (Å²) in [5, 5.41) is 5.01. The second-order valence-electron chi connectivity index (χ2n) is 6.17. The van der Waals surface area contributed by atoms with Gasteiger partial charge >= 0.3 is 0 Å². The highest BCUT2D eigenvalue weighted by Gasteiger charge is 2.14. The Kier molecular flexibility index (Phi) is 5.82. The molecule has 0 saturated carbocycles. The van der Waals surface area contributed by atoms with Gasteiger partial charge in [0.15, 0.2) is 0 Å². The minimum atomic E-state index is 0.0894. The first kappa shape index (κ1) is 16.9. The molecule has 1 saturated heterocycles. The minimum absolute atomic E-state index is 0.0894. The van der Waals surface area contributed by atoms with Gasteiger partial charge < -0.3 is 15.1 Å². The summed E-state index contributed by atoms with van der Waals surface area (Å²) in [6.45, 7) is 4.72. The van der Waals surface area contributed by atoms with E-state index in [2.05, 4.69) is 45.3 Å². The zero-order valence-electron chi connectivity index (χ0n) is 14.1. The highest BCUT2D eigenvalue weighted by Crippen LogP contribution is 2.14. The van der Waals surface area contributed by atoms with Crippen LogP contribution in [-0.4, -0.2) is 49.0 Å². The summed E-state index contributed by atoms with van der Waals surface area (Å²) in [6.07, 6.45) is 3.21. The first-order chi connectivity index (χ1) is 11.7. The molecule has 0 aromatic carbocycles. The van der Waals surface area contributed by atoms with Crippen molar-refractivity contribution in [3.63, 3.8) is 0 Å². The molecular formula is C18H24N4OS. The van der Waals surface area contributed by atoms with E-state index in [0.717, 1.165) is 44.0 Å². The molecule has 5 nitrogen and oxygen atoms in total. The standard InChI is InChI=1S/C18H24N4OS/c1-21-8-10-22(11-9-21)17-6-4-15(13-19-17)14-20-18(23)7-5-16-3-2-12-24-16/h2-4,6,12-13H,5,7-11,14H2,1H3,(H,20,23). The molecule has 1 aliphatic rings. The van der Waals surface area contributed by atoms with Crippen LogP contribution in [0.2, 0.25) is 0 Å². The number of piperazine rings is 1. The van der Waals surface area contributed by atoms with E-state index >= 15 is 0 Å². The molecule has 1 fully saturated rings. The predicted molar refractivity (Wildman–Crippen MR) is 98.4 cm³/mol. The van der Waals surface area contributed by atoms with Crippen molar-refractivity contribution >= 4 is 23.1 Å². The number of thiophene rings is 1. The highest BCUT2D eigenvalue weighted by atomic mass is 32.1. The van der Waals surface area contributed by atoms with E-state index in [-0.39, 0.29) is 5.91 Å². The fourth-order valence-electron chi connectivity index (χ4n) is 2.72. The molecule has 0 spiro atoms. The first-order valence-corrected chi connectivity index (χ1v) is 9.26. The summed E-state index contributed by atoms with van der Waals surface area (Å²) in [4.78, 5) is 22.4. The molecule has 1 amide bonds. The molecule has 128 valence electrons. The maximum absolute atomic E-state index is 11.9. The third kappa shape index (κ3) is 4.79. The second-order valence-corrected chi connectivity index (χ2v) is 7.20. The quantitative estimate of drug-likeness (QED) is 0.872. The number of anilines is 1. The Morgan fingerprint density at radius 2 is 2.08 bits per heavy atom. The van der Waals surface area contributed by atoms with Crippen LogP contribution in [0, 0.1) is 0 Å². The molecular weight excluding hydrogens is 320 g/mol. The van der Waals surface area contributed by atoms with Gasteiger partial charge in [0, 0.05) is 50.2 Å². The lowest BCUT2D eigenvalue weighted by Crippen LogP contribution is -2.44. The maximum atomic E-state index is 11.9. The van der Waals surface area contributed by atoms with Crippen LogP contribution in [0.15, 0.2) is 35.8 Å². The molecule has 0 atom stereocenters. The van der Waals surface area contributed by atoms with Crippen molar-refractivity contribution in [3.05, 3.63) is 46.3 Å². The normalized spacial score (nSPS) is 15.5. The van der Waals surface area contributed by atoms with Gasteiger partial charge in [0.05, 0.1) is 0 Å². The SMILES string of the molecule is CN1CCN(c2ccc(CNC(=O)CCc3cccs3)cn2)CC1. The lowest BCUT2D eigenvalue weighted by Gasteiger charge is -2.33. The lowest BCUT2D eigenvalue weighted by atomic mass is 10.2. The number of rotatable bonds is 6. The second kappa shape index (κ2) is 8.26. The zero-order chi connectivity index (χ0) is 16.8. The molecule has 24 heavy (non-hydrogen) atoms. The van der Waals surface area contributed by atoms with Crippen molar-refractivity contribution in [1.82, 2.24) is 15.2 Å². The number of carbonyl (C=O) groups excluding carboxylic acids is 1. The van der Waals surface area contributed by atoms with E-state index in [0.29, 0.717) is 13.0 Å². The summed E-state index contributed by atoms with van der Waals surface area (Å²) in [7, 11) is 2.15. The summed E-state index contributed by atoms with van der Waals surface area (Å²) in [6, 6.07) is 8.20. The van der Waals surface area contributed by atoms with Crippen LogP contribution in [0.4, 0.5) is 5.82 Å². The van der Waals surface area contributed by atoms with Crippen molar-refractivity contribution in [2.45, 2.75) is 19.4 Å². The van der Waals surface area contributed by atoms with E-state index in [9.17, 15) is 4.79 Å². The first-order valence-electron chi connectivity index (χ1n) is 8.38. The van der Waals surface area contributed by atoms with E-state index in [1.165, 1.54) is 4.88 Å². The maximum Gasteiger partial charge on any atom is 0.220 e. The summed E-state index contributed by atoms with van der Waals surface area (Å²) >= 11 is 1.70. The van der Waals surface area contributed by atoms with Crippen LogP contribution >= 0.6 is 11.3 Å². The molecule has 1 N–H and O–H groups in total. The summed E-state index contributed by atoms with van der Waals surface area (Å²) in [5.41, 5.74) is 1.04. The number of hydrogen-bond acceptors (Lipinski definition) is 5. The molecule has 3 heterocycles. The van der Waals surface area contributed by atoms with Crippen LogP contribution in [-0.2, 0) is 17.8 Å². The molecule has 2 aromatic rings. The predicted octanol–water partition coefficient (Wildman–Crippen LogP) is 2.14. The Morgan fingerprint density at radius 3 is 2.75 bits per heavy atom. The van der Waals surface area contributed by atoms with Crippen molar-refractivity contribution < 1.29 is 4.79 Å². The Hall–Kier alpha value is -1.92. The number of likely N-dealkylation sites (N-methyl/N-ethyl adjacent to an activating group) is 1. The van der Waals surface area contributed by atoms with E-state index < -0.39 is 0 Å². The van der Waals surface area contributed by atoms with E-state index in [1.807, 2.05) is 17.6 Å². The fraction of sp³-hybridized carbons (Fsp3) is 0.444. The van der Waals surface area contributed by atoms with Crippen LogP contribution in [0.1, 0.15) is 16.9 Å². The van der Waals surface area contributed by atoms with Crippen molar-refractivity contribution in [2.24, 2.45) is 0 Å². The van der Waals surface area contributed by atoms with Gasteiger partial charge in [-0.2, -0.15) is 0 Å². The molecule has 1 aliphatic heterocycles. The summed E-state index contributed by atoms with van der Waals surface area (Å²) in [5.74, 6) is 1.11. The molecule has 0 unspecified atom stereocenters. The monoisotopic (exact) mass is 344 g/mol. The van der Waals surface area contributed by atoms with Gasteiger partial charge in [0.2, 0.25) is 5.91 Å². The Balaban J connectivity index is 1.43. The fourth-order valence-corrected chi connectivity index (χ4v) is 3.43. The van der Waals surface area contributed by atoms with Crippen molar-refractivity contribution in [2.75, 3.05) is 38.1 Å². The summed E-state index contributed by atoms with van der Waals surface area (Å²) < 4.78 is 0. The van der Waals surface area contributed by atoms with Gasteiger partial charge in [0.25, 0.3) is 0 Å². The molecule has 0 aliphatic carbocycles. The smallest absolute Gasteiger partial charge is 0.220 e. The van der Waals surface area contributed by atoms with Crippen LogP contribution < -0.4 is 10.2 Å². The van der Waals surface area contributed by atoms with Gasteiger partial charge in [0.1, 0.15) is 5.82 Å². The number of aromatic nitrogens is 1. The number of carbonyl (C=O) groups is 1. The van der Waals surface area contributed by atoms with Crippen molar-refractivity contribution in [1.29, 1.82) is 0 Å². The number of amides is 1. The largest absolute Gasteiger partial charge is 0.354 e. The number of nitrogens with one attached hydrogen (secondary N) is 1. The van der Waals surface area contributed by atoms with Crippen molar-refractivity contribution in [3.8, 4) is 0 Å². The van der Waals surface area contributed by atoms with Crippen LogP contribution in [0.3, 0.4) is 0 Å². The number of aryl methyl sites for hydroxylation is 1. The lowest BCUT2D eigenvalue weighted by molar-refractivity contribution is -0.121. The number of hydrogen-bond donors (Lipinski definition) is 1.